The van der Waals surface area contributed by atoms with E-state index in [1.54, 1.807) is 19.2 Å². The Morgan fingerprint density at radius 2 is 2.00 bits per heavy atom. The third-order valence-electron chi connectivity index (χ3n) is 3.25. The number of hydrogen-bond donors (Lipinski definition) is 0. The van der Waals surface area contributed by atoms with E-state index in [0.29, 0.717) is 19.0 Å². The summed E-state index contributed by atoms with van der Waals surface area (Å²) >= 11 is 0. The van der Waals surface area contributed by atoms with E-state index < -0.39 is 6.29 Å². The summed E-state index contributed by atoms with van der Waals surface area (Å²) in [6, 6.07) is 15.4. The number of hydrogen-bond acceptors (Lipinski definition) is 5. The SMILES string of the molecule is COCC1CCOC([c-]2cccc2OC(C)=O)O1.[Fe].[cH-]1[cH-][cH-][cH-][cH-]1. The molecule has 0 radical (unpaired) electrons. The third-order valence-corrected chi connectivity index (χ3v) is 3.25. The van der Waals surface area contributed by atoms with Gasteiger partial charge in [0, 0.05) is 36.9 Å². The molecule has 6 heteroatoms. The predicted molar refractivity (Wildman–Crippen MR) is 85.4 cm³/mol. The molecule has 3 rings (SSSR count). The maximum absolute atomic E-state index is 11.0. The summed E-state index contributed by atoms with van der Waals surface area (Å²) < 4.78 is 21.5. The fourth-order valence-electron chi connectivity index (χ4n) is 2.24. The van der Waals surface area contributed by atoms with Crippen molar-refractivity contribution < 1.29 is 40.8 Å². The molecule has 5 nitrogen and oxygen atoms in total. The average molecular weight is 374 g/mol. The van der Waals surface area contributed by atoms with Crippen LogP contribution in [0.15, 0.2) is 48.5 Å². The first-order valence-corrected chi connectivity index (χ1v) is 7.57. The smallest absolute Gasteiger partial charge is 0.305 e. The zero-order valence-corrected chi connectivity index (χ0v) is 14.9. The summed E-state index contributed by atoms with van der Waals surface area (Å²) in [6.45, 7) is 2.50. The molecule has 0 saturated carbocycles. The average Bonchev–Trinajstić information content (AvgIpc) is 3.22. The fraction of sp³-hybridized carbons (Fsp3) is 0.389. The van der Waals surface area contributed by atoms with Gasteiger partial charge in [0.05, 0.1) is 19.3 Å². The van der Waals surface area contributed by atoms with Crippen molar-refractivity contribution in [3.63, 3.8) is 0 Å². The van der Waals surface area contributed by atoms with Crippen LogP contribution in [-0.4, -0.2) is 32.4 Å². The van der Waals surface area contributed by atoms with E-state index >= 15 is 0 Å². The second kappa shape index (κ2) is 11.2. The van der Waals surface area contributed by atoms with Gasteiger partial charge in [0.1, 0.15) is 6.29 Å². The van der Waals surface area contributed by atoms with E-state index in [1.807, 2.05) is 36.4 Å². The number of ether oxygens (including phenoxy) is 4. The number of carbonyl (C=O) groups excluding carboxylic acids is 1. The van der Waals surface area contributed by atoms with Gasteiger partial charge < -0.3 is 49.3 Å². The van der Waals surface area contributed by atoms with E-state index in [-0.39, 0.29) is 29.1 Å². The number of esters is 1. The fourth-order valence-corrected chi connectivity index (χ4v) is 2.24. The molecule has 1 heterocycles. The van der Waals surface area contributed by atoms with Crippen LogP contribution in [0.5, 0.6) is 5.75 Å². The van der Waals surface area contributed by atoms with Crippen molar-refractivity contribution in [2.45, 2.75) is 25.7 Å². The minimum Gasteiger partial charge on any atom is -0.748 e. The normalized spacial score (nSPS) is 19.6. The molecule has 0 amide bonds. The van der Waals surface area contributed by atoms with Gasteiger partial charge in [-0.3, -0.25) is 4.79 Å². The van der Waals surface area contributed by atoms with E-state index in [1.165, 1.54) is 6.92 Å². The summed E-state index contributed by atoms with van der Waals surface area (Å²) in [5, 5.41) is 0. The van der Waals surface area contributed by atoms with Crippen LogP contribution < -0.4 is 4.74 Å². The van der Waals surface area contributed by atoms with Crippen LogP contribution in [0, 0.1) is 0 Å². The quantitative estimate of drug-likeness (QED) is 0.468. The van der Waals surface area contributed by atoms with Crippen molar-refractivity contribution >= 4 is 5.97 Å². The first kappa shape index (κ1) is 20.6. The van der Waals surface area contributed by atoms with Crippen LogP contribution in [-0.2, 0) is 36.1 Å². The van der Waals surface area contributed by atoms with Gasteiger partial charge in [0.2, 0.25) is 0 Å². The molecule has 0 bridgehead atoms. The minimum atomic E-state index is -0.497. The molecular formula is C18H22FeO5-6. The summed E-state index contributed by atoms with van der Waals surface area (Å²) in [5.41, 5.74) is 0.742. The van der Waals surface area contributed by atoms with Crippen LogP contribution in [0.2, 0.25) is 0 Å². The number of carbonyl (C=O) groups is 1. The largest absolute Gasteiger partial charge is 0.748 e. The second-order valence-electron chi connectivity index (χ2n) is 5.11. The molecule has 0 N–H and O–H groups in total. The molecule has 1 aliphatic rings. The Hall–Kier alpha value is -1.43. The van der Waals surface area contributed by atoms with E-state index in [4.69, 9.17) is 18.9 Å². The number of rotatable bonds is 4. The van der Waals surface area contributed by atoms with Gasteiger partial charge in [-0.1, -0.05) is 5.56 Å². The predicted octanol–water partition coefficient (Wildman–Crippen LogP) is 3.18. The Labute approximate surface area is 153 Å². The summed E-state index contributed by atoms with van der Waals surface area (Å²) in [4.78, 5) is 11.0. The van der Waals surface area contributed by atoms with Crippen molar-refractivity contribution in [2.75, 3.05) is 20.3 Å². The van der Waals surface area contributed by atoms with Gasteiger partial charge >= 0.3 is 5.97 Å². The Morgan fingerprint density at radius 3 is 2.58 bits per heavy atom. The maximum atomic E-state index is 11.0. The number of methoxy groups -OCH3 is 1. The first-order valence-electron chi connectivity index (χ1n) is 7.57. The van der Waals surface area contributed by atoms with E-state index in [9.17, 15) is 4.79 Å². The molecule has 2 unspecified atom stereocenters. The maximum Gasteiger partial charge on any atom is 0.305 e. The topological polar surface area (TPSA) is 54.0 Å². The van der Waals surface area contributed by atoms with Gasteiger partial charge in [-0.15, -0.1) is 0 Å². The summed E-state index contributed by atoms with van der Waals surface area (Å²) in [5.74, 6) is 0.136. The monoisotopic (exact) mass is 374 g/mol. The van der Waals surface area contributed by atoms with Gasteiger partial charge in [-0.2, -0.15) is 12.1 Å². The standard InChI is InChI=1S/C13H17O5.C5H5.Fe/c1-9(14)17-12-5-3-4-11(12)13-16-7-6-10(18-13)8-15-2;1-2-4-5-3-1;/h3-5,10,13H,6-8H2,1-2H3;1-5H;/q-1;-5;. The minimum absolute atomic E-state index is 0. The van der Waals surface area contributed by atoms with E-state index in [2.05, 4.69) is 0 Å². The first-order chi connectivity index (χ1) is 11.2. The molecule has 0 aliphatic carbocycles. The summed E-state index contributed by atoms with van der Waals surface area (Å²) in [7, 11) is 1.64. The molecular weight excluding hydrogens is 352 g/mol. The van der Waals surface area contributed by atoms with Gasteiger partial charge in [0.15, 0.2) is 0 Å². The van der Waals surface area contributed by atoms with Crippen molar-refractivity contribution in [1.82, 2.24) is 0 Å². The van der Waals surface area contributed by atoms with Gasteiger partial charge in [-0.25, -0.2) is 6.07 Å². The van der Waals surface area contributed by atoms with Gasteiger partial charge in [-0.05, 0) is 6.42 Å². The van der Waals surface area contributed by atoms with Crippen LogP contribution >= 0.6 is 0 Å². The molecule has 1 saturated heterocycles. The van der Waals surface area contributed by atoms with Crippen molar-refractivity contribution in [1.29, 1.82) is 0 Å². The zero-order valence-electron chi connectivity index (χ0n) is 13.8. The molecule has 2 atom stereocenters. The summed E-state index contributed by atoms with van der Waals surface area (Å²) in [6.07, 6.45) is 0.311. The Morgan fingerprint density at radius 1 is 1.33 bits per heavy atom. The molecule has 0 spiro atoms. The zero-order chi connectivity index (χ0) is 16.5. The van der Waals surface area contributed by atoms with Crippen molar-refractivity contribution in [3.8, 4) is 5.75 Å². The molecule has 24 heavy (non-hydrogen) atoms. The molecule has 138 valence electrons. The molecule has 2 aromatic rings. The molecule has 0 aromatic heterocycles. The Balaban J connectivity index is 0.000000412. The molecule has 2 aromatic carbocycles. The Kier molecular flexibility index (Phi) is 9.60. The van der Waals surface area contributed by atoms with Crippen LogP contribution in [0.25, 0.3) is 0 Å². The molecule has 1 fully saturated rings. The third kappa shape index (κ3) is 6.59. The van der Waals surface area contributed by atoms with Crippen LogP contribution in [0.4, 0.5) is 0 Å². The van der Waals surface area contributed by atoms with Crippen molar-refractivity contribution in [3.05, 3.63) is 54.1 Å². The van der Waals surface area contributed by atoms with E-state index in [0.717, 1.165) is 12.0 Å². The van der Waals surface area contributed by atoms with Crippen LogP contribution in [0.1, 0.15) is 25.2 Å². The Bertz CT molecular complexity index is 545. The second-order valence-corrected chi connectivity index (χ2v) is 5.11. The van der Waals surface area contributed by atoms with Crippen molar-refractivity contribution in [2.24, 2.45) is 0 Å². The van der Waals surface area contributed by atoms with Crippen LogP contribution in [0.3, 0.4) is 0 Å². The van der Waals surface area contributed by atoms with Gasteiger partial charge in [0.25, 0.3) is 0 Å². The molecule has 1 aliphatic heterocycles.